The first-order chi connectivity index (χ1) is 14.6. The molecule has 0 saturated heterocycles. The van der Waals surface area contributed by atoms with Gasteiger partial charge in [-0.2, -0.15) is 4.31 Å². The summed E-state index contributed by atoms with van der Waals surface area (Å²) < 4.78 is 28.6. The van der Waals surface area contributed by atoms with Gasteiger partial charge < -0.3 is 5.32 Å². The van der Waals surface area contributed by atoms with Crippen molar-refractivity contribution in [3.8, 4) is 0 Å². The van der Waals surface area contributed by atoms with Crippen LogP contribution >= 0.6 is 23.2 Å². The Morgan fingerprint density at radius 3 is 2.23 bits per heavy atom. The number of amides is 1. The molecule has 1 aliphatic rings. The predicted molar refractivity (Wildman–Crippen MR) is 125 cm³/mol. The summed E-state index contributed by atoms with van der Waals surface area (Å²) in [7, 11) is -3.93. The van der Waals surface area contributed by atoms with Crippen LogP contribution in [-0.4, -0.2) is 31.2 Å². The lowest BCUT2D eigenvalue weighted by molar-refractivity contribution is -0.122. The van der Waals surface area contributed by atoms with Crippen LogP contribution in [0.15, 0.2) is 35.2 Å². The number of hydrogen-bond donors (Lipinski definition) is 1. The molecule has 31 heavy (non-hydrogen) atoms. The molecule has 1 fully saturated rings. The molecular weight excluding hydrogens is 455 g/mol. The van der Waals surface area contributed by atoms with Crippen molar-refractivity contribution in [2.24, 2.45) is 0 Å². The van der Waals surface area contributed by atoms with Crippen LogP contribution in [0, 0.1) is 20.8 Å². The first-order valence-electron chi connectivity index (χ1n) is 10.4. The first kappa shape index (κ1) is 24.1. The lowest BCUT2D eigenvalue weighted by Crippen LogP contribution is -2.43. The summed E-state index contributed by atoms with van der Waals surface area (Å²) >= 11 is 12.1. The largest absolute Gasteiger partial charge is 0.352 e. The molecule has 0 heterocycles. The Morgan fingerprint density at radius 2 is 1.65 bits per heavy atom. The van der Waals surface area contributed by atoms with Crippen LogP contribution in [-0.2, 0) is 21.4 Å². The quantitative estimate of drug-likeness (QED) is 0.591. The third-order valence-electron chi connectivity index (χ3n) is 5.59. The number of hydrogen-bond acceptors (Lipinski definition) is 3. The van der Waals surface area contributed by atoms with E-state index in [-0.39, 0.29) is 29.9 Å². The molecule has 0 radical (unpaired) electrons. The van der Waals surface area contributed by atoms with E-state index in [2.05, 4.69) is 5.32 Å². The monoisotopic (exact) mass is 482 g/mol. The van der Waals surface area contributed by atoms with Crippen molar-refractivity contribution >= 4 is 39.1 Å². The molecule has 168 valence electrons. The molecule has 2 aromatic carbocycles. The average Bonchev–Trinajstić information content (AvgIpc) is 3.16. The lowest BCUT2D eigenvalue weighted by atomic mass is 10.1. The van der Waals surface area contributed by atoms with Crippen LogP contribution in [0.3, 0.4) is 0 Å². The molecule has 1 N–H and O–H groups in total. The van der Waals surface area contributed by atoms with Crippen LogP contribution in [0.2, 0.25) is 10.0 Å². The van der Waals surface area contributed by atoms with Crippen molar-refractivity contribution in [2.45, 2.75) is 63.9 Å². The normalized spacial score (nSPS) is 14.9. The molecule has 0 aliphatic heterocycles. The molecule has 5 nitrogen and oxygen atoms in total. The van der Waals surface area contributed by atoms with E-state index in [1.54, 1.807) is 32.0 Å². The molecule has 0 unspecified atom stereocenters. The van der Waals surface area contributed by atoms with E-state index in [1.807, 2.05) is 19.1 Å². The average molecular weight is 483 g/mol. The second-order valence-electron chi connectivity index (χ2n) is 8.30. The smallest absolute Gasteiger partial charge is 0.244 e. The Hall–Kier alpha value is -1.60. The highest BCUT2D eigenvalue weighted by Crippen LogP contribution is 2.28. The van der Waals surface area contributed by atoms with Gasteiger partial charge in [-0.25, -0.2) is 8.42 Å². The highest BCUT2D eigenvalue weighted by atomic mass is 35.5. The maximum absolute atomic E-state index is 13.7. The summed E-state index contributed by atoms with van der Waals surface area (Å²) in [6.07, 6.45) is 4.03. The highest BCUT2D eigenvalue weighted by Gasteiger charge is 2.31. The van der Waals surface area contributed by atoms with Crippen molar-refractivity contribution in [3.05, 3.63) is 62.6 Å². The molecule has 1 amide bonds. The van der Waals surface area contributed by atoms with Gasteiger partial charge in [0.2, 0.25) is 15.9 Å². The van der Waals surface area contributed by atoms with Crippen molar-refractivity contribution in [1.82, 2.24) is 9.62 Å². The van der Waals surface area contributed by atoms with E-state index in [4.69, 9.17) is 23.2 Å². The summed E-state index contributed by atoms with van der Waals surface area (Å²) in [5, 5.41) is 3.72. The number of nitrogens with zero attached hydrogens (tertiary/aromatic N) is 1. The molecule has 0 aromatic heterocycles. The third kappa shape index (κ3) is 5.80. The van der Waals surface area contributed by atoms with Crippen molar-refractivity contribution < 1.29 is 13.2 Å². The summed E-state index contributed by atoms with van der Waals surface area (Å²) in [4.78, 5) is 13.0. The zero-order valence-electron chi connectivity index (χ0n) is 18.0. The molecular formula is C23H28Cl2N2O3S. The predicted octanol–water partition coefficient (Wildman–Crippen LogP) is 5.17. The van der Waals surface area contributed by atoms with E-state index < -0.39 is 10.0 Å². The number of carbonyl (C=O) groups excluding carboxylic acids is 1. The van der Waals surface area contributed by atoms with E-state index in [0.29, 0.717) is 26.7 Å². The van der Waals surface area contributed by atoms with Gasteiger partial charge in [-0.15, -0.1) is 0 Å². The van der Waals surface area contributed by atoms with Gasteiger partial charge in [-0.05, 0) is 62.4 Å². The molecule has 3 rings (SSSR count). The number of benzene rings is 2. The highest BCUT2D eigenvalue weighted by molar-refractivity contribution is 7.89. The van der Waals surface area contributed by atoms with E-state index in [9.17, 15) is 13.2 Å². The van der Waals surface area contributed by atoms with Gasteiger partial charge in [-0.1, -0.05) is 59.8 Å². The minimum absolute atomic E-state index is 0.0179. The number of nitrogens with one attached hydrogen (secondary N) is 1. The fourth-order valence-corrected chi connectivity index (χ4v) is 6.39. The van der Waals surface area contributed by atoms with Crippen LogP contribution in [0.1, 0.15) is 47.9 Å². The van der Waals surface area contributed by atoms with E-state index in [0.717, 1.165) is 31.2 Å². The van der Waals surface area contributed by atoms with Crippen molar-refractivity contribution in [3.63, 3.8) is 0 Å². The zero-order chi connectivity index (χ0) is 22.8. The number of sulfonamides is 1. The van der Waals surface area contributed by atoms with Gasteiger partial charge in [0.25, 0.3) is 0 Å². The van der Waals surface area contributed by atoms with Gasteiger partial charge in [0.15, 0.2) is 0 Å². The zero-order valence-corrected chi connectivity index (χ0v) is 20.4. The summed E-state index contributed by atoms with van der Waals surface area (Å²) in [5.74, 6) is -0.294. The van der Waals surface area contributed by atoms with E-state index >= 15 is 0 Å². The standard InChI is InChI=1S/C23H28Cl2N2O3S/c1-15-10-16(2)23(17(3)11-15)31(29,30)27(13-18-8-9-20(24)21(25)12-18)14-22(28)26-19-6-4-5-7-19/h8-12,19H,4-7,13-14H2,1-3H3,(H,26,28). The Balaban J connectivity index is 1.95. The Labute approximate surface area is 194 Å². The number of halogens is 2. The van der Waals surface area contributed by atoms with Crippen LogP contribution in [0.4, 0.5) is 0 Å². The SMILES string of the molecule is Cc1cc(C)c(S(=O)(=O)N(CC(=O)NC2CCCC2)Cc2ccc(Cl)c(Cl)c2)c(C)c1. The van der Waals surface area contributed by atoms with Gasteiger partial charge in [0.05, 0.1) is 21.5 Å². The summed E-state index contributed by atoms with van der Waals surface area (Å²) in [6, 6.07) is 8.79. The first-order valence-corrected chi connectivity index (χ1v) is 12.6. The Kier molecular flexibility index (Phi) is 7.68. The topological polar surface area (TPSA) is 66.5 Å². The summed E-state index contributed by atoms with van der Waals surface area (Å²) in [5.41, 5.74) is 2.97. The Bertz CT molecular complexity index is 1060. The number of rotatable bonds is 7. The third-order valence-corrected chi connectivity index (χ3v) is 8.42. The molecule has 0 bridgehead atoms. The molecule has 0 atom stereocenters. The van der Waals surface area contributed by atoms with Gasteiger partial charge >= 0.3 is 0 Å². The molecule has 0 spiro atoms. The van der Waals surface area contributed by atoms with E-state index in [1.165, 1.54) is 4.31 Å². The van der Waals surface area contributed by atoms with Crippen molar-refractivity contribution in [1.29, 1.82) is 0 Å². The molecule has 1 saturated carbocycles. The lowest BCUT2D eigenvalue weighted by Gasteiger charge is -2.25. The van der Waals surface area contributed by atoms with Gasteiger partial charge in [0.1, 0.15) is 0 Å². The minimum Gasteiger partial charge on any atom is -0.352 e. The van der Waals surface area contributed by atoms with Gasteiger partial charge in [-0.3, -0.25) is 4.79 Å². The molecule has 1 aliphatic carbocycles. The van der Waals surface area contributed by atoms with Crippen LogP contribution in [0.25, 0.3) is 0 Å². The van der Waals surface area contributed by atoms with Crippen LogP contribution in [0.5, 0.6) is 0 Å². The van der Waals surface area contributed by atoms with Gasteiger partial charge in [0, 0.05) is 12.6 Å². The molecule has 8 heteroatoms. The second-order valence-corrected chi connectivity index (χ2v) is 11.0. The fourth-order valence-electron chi connectivity index (χ4n) is 4.27. The Morgan fingerprint density at radius 1 is 1.03 bits per heavy atom. The number of aryl methyl sites for hydroxylation is 3. The minimum atomic E-state index is -3.93. The number of carbonyl (C=O) groups is 1. The fraction of sp³-hybridized carbons (Fsp3) is 0.435. The summed E-state index contributed by atoms with van der Waals surface area (Å²) in [6.45, 7) is 5.25. The second kappa shape index (κ2) is 9.90. The maximum Gasteiger partial charge on any atom is 0.244 e. The van der Waals surface area contributed by atoms with Crippen LogP contribution < -0.4 is 5.32 Å². The maximum atomic E-state index is 13.7. The molecule has 2 aromatic rings. The van der Waals surface area contributed by atoms with Crippen molar-refractivity contribution in [2.75, 3.05) is 6.54 Å².